The van der Waals surface area contributed by atoms with Crippen molar-refractivity contribution in [2.45, 2.75) is 24.6 Å². The maximum Gasteiger partial charge on any atom is 0.261 e. The van der Waals surface area contributed by atoms with E-state index in [0.717, 1.165) is 21.5 Å². The highest BCUT2D eigenvalue weighted by Crippen LogP contribution is 2.21. The third-order valence-corrected chi connectivity index (χ3v) is 4.29. The predicted molar refractivity (Wildman–Crippen MR) is 72.0 cm³/mol. The van der Waals surface area contributed by atoms with Crippen LogP contribution in [0.3, 0.4) is 0 Å². The normalized spacial score (nSPS) is 12.5. The summed E-state index contributed by atoms with van der Waals surface area (Å²) in [6.45, 7) is 2.81. The molecular formula is C10H13Br2NOS. The highest BCUT2D eigenvalue weighted by molar-refractivity contribution is 9.11. The topological polar surface area (TPSA) is 29.1 Å². The number of carbonyl (C=O) groups is 1. The maximum atomic E-state index is 11.6. The molecule has 1 atom stereocenters. The van der Waals surface area contributed by atoms with Crippen LogP contribution in [0, 0.1) is 0 Å². The van der Waals surface area contributed by atoms with Crippen LogP contribution < -0.4 is 5.32 Å². The Labute approximate surface area is 111 Å². The third-order valence-electron chi connectivity index (χ3n) is 1.88. The van der Waals surface area contributed by atoms with Crippen LogP contribution in [0.1, 0.15) is 29.4 Å². The zero-order valence-electron chi connectivity index (χ0n) is 8.43. The standard InChI is InChI=1S/C10H13Br2NOS/c1-2-3-7(11)6-13-10(14)8-4-5-9(12)15-8/h4-5,7H,2-3,6H2,1H3,(H,13,14). The van der Waals surface area contributed by atoms with Crippen LogP contribution in [0.15, 0.2) is 15.9 Å². The van der Waals surface area contributed by atoms with Crippen molar-refractivity contribution in [3.8, 4) is 0 Å². The molecule has 1 N–H and O–H groups in total. The second-order valence-electron chi connectivity index (χ2n) is 3.20. The summed E-state index contributed by atoms with van der Waals surface area (Å²) in [5.41, 5.74) is 0. The number of halogens is 2. The summed E-state index contributed by atoms with van der Waals surface area (Å²) in [6, 6.07) is 3.71. The van der Waals surface area contributed by atoms with Gasteiger partial charge in [0.25, 0.3) is 5.91 Å². The van der Waals surface area contributed by atoms with Crippen LogP contribution in [-0.2, 0) is 0 Å². The molecule has 0 radical (unpaired) electrons. The lowest BCUT2D eigenvalue weighted by molar-refractivity contribution is 0.0957. The van der Waals surface area contributed by atoms with Gasteiger partial charge in [-0.2, -0.15) is 0 Å². The highest BCUT2D eigenvalue weighted by atomic mass is 79.9. The summed E-state index contributed by atoms with van der Waals surface area (Å²) in [7, 11) is 0. The Hall–Kier alpha value is 0.130. The first-order valence-electron chi connectivity index (χ1n) is 4.81. The van der Waals surface area contributed by atoms with E-state index in [0.29, 0.717) is 11.4 Å². The Morgan fingerprint density at radius 2 is 2.33 bits per heavy atom. The van der Waals surface area contributed by atoms with E-state index in [1.807, 2.05) is 12.1 Å². The molecule has 0 aliphatic rings. The number of carbonyl (C=O) groups excluding carboxylic acids is 1. The van der Waals surface area contributed by atoms with Crippen molar-refractivity contribution in [2.24, 2.45) is 0 Å². The molecule has 0 fully saturated rings. The Kier molecular flexibility index (Phi) is 5.86. The van der Waals surface area contributed by atoms with Gasteiger partial charge in [0.15, 0.2) is 0 Å². The number of nitrogens with one attached hydrogen (secondary N) is 1. The first kappa shape index (κ1) is 13.2. The highest BCUT2D eigenvalue weighted by Gasteiger charge is 2.09. The fourth-order valence-electron chi connectivity index (χ4n) is 1.14. The van der Waals surface area contributed by atoms with Crippen LogP contribution >= 0.6 is 43.2 Å². The Morgan fingerprint density at radius 1 is 1.60 bits per heavy atom. The van der Waals surface area contributed by atoms with Crippen molar-refractivity contribution in [2.75, 3.05) is 6.54 Å². The van der Waals surface area contributed by atoms with Crippen LogP contribution in [0.25, 0.3) is 0 Å². The minimum atomic E-state index is 0.00579. The molecule has 0 saturated carbocycles. The largest absolute Gasteiger partial charge is 0.350 e. The van der Waals surface area contributed by atoms with Crippen LogP contribution in [0.5, 0.6) is 0 Å². The van der Waals surface area contributed by atoms with E-state index in [9.17, 15) is 4.79 Å². The van der Waals surface area contributed by atoms with E-state index in [1.165, 1.54) is 11.3 Å². The fraction of sp³-hybridized carbons (Fsp3) is 0.500. The van der Waals surface area contributed by atoms with E-state index in [2.05, 4.69) is 44.1 Å². The molecule has 0 bridgehead atoms. The number of amides is 1. The molecule has 1 amide bonds. The molecule has 84 valence electrons. The Morgan fingerprint density at radius 3 is 2.87 bits per heavy atom. The average Bonchev–Trinajstić information content (AvgIpc) is 2.62. The molecule has 1 aromatic rings. The van der Waals surface area contributed by atoms with Crippen molar-refractivity contribution in [3.63, 3.8) is 0 Å². The van der Waals surface area contributed by atoms with Gasteiger partial charge in [-0.1, -0.05) is 29.3 Å². The third kappa shape index (κ3) is 4.66. The molecule has 2 nitrogen and oxygen atoms in total. The number of thiophene rings is 1. The molecule has 0 spiro atoms. The smallest absolute Gasteiger partial charge is 0.261 e. The van der Waals surface area contributed by atoms with E-state index in [-0.39, 0.29) is 5.91 Å². The minimum absolute atomic E-state index is 0.00579. The Balaban J connectivity index is 2.36. The van der Waals surface area contributed by atoms with E-state index < -0.39 is 0 Å². The van der Waals surface area contributed by atoms with E-state index in [4.69, 9.17) is 0 Å². The number of alkyl halides is 1. The van der Waals surface area contributed by atoms with Gasteiger partial charge in [0.2, 0.25) is 0 Å². The summed E-state index contributed by atoms with van der Waals surface area (Å²) in [6.07, 6.45) is 2.20. The van der Waals surface area contributed by atoms with Crippen molar-refractivity contribution in [1.82, 2.24) is 5.32 Å². The van der Waals surface area contributed by atoms with Gasteiger partial charge in [0, 0.05) is 11.4 Å². The van der Waals surface area contributed by atoms with E-state index in [1.54, 1.807) is 0 Å². The van der Waals surface area contributed by atoms with Crippen molar-refractivity contribution < 1.29 is 4.79 Å². The minimum Gasteiger partial charge on any atom is -0.350 e. The fourth-order valence-corrected chi connectivity index (χ4v) is 3.06. The molecule has 0 aromatic carbocycles. The Bertz CT molecular complexity index is 327. The number of hydrogen-bond acceptors (Lipinski definition) is 2. The van der Waals surface area contributed by atoms with Crippen LogP contribution in [-0.4, -0.2) is 17.3 Å². The van der Waals surface area contributed by atoms with Gasteiger partial charge < -0.3 is 5.32 Å². The second kappa shape index (κ2) is 6.66. The van der Waals surface area contributed by atoms with Crippen molar-refractivity contribution in [1.29, 1.82) is 0 Å². The second-order valence-corrected chi connectivity index (χ2v) is 6.96. The lowest BCUT2D eigenvalue weighted by Gasteiger charge is -2.08. The first-order chi connectivity index (χ1) is 7.13. The van der Waals surface area contributed by atoms with E-state index >= 15 is 0 Å². The van der Waals surface area contributed by atoms with Gasteiger partial charge in [0.1, 0.15) is 0 Å². The summed E-state index contributed by atoms with van der Waals surface area (Å²) in [5.74, 6) is 0.00579. The summed E-state index contributed by atoms with van der Waals surface area (Å²) < 4.78 is 0.983. The number of rotatable bonds is 5. The molecule has 5 heteroatoms. The van der Waals surface area contributed by atoms with Crippen molar-refractivity contribution in [3.05, 3.63) is 20.8 Å². The van der Waals surface area contributed by atoms with Crippen LogP contribution in [0.2, 0.25) is 0 Å². The molecule has 1 heterocycles. The molecule has 1 rings (SSSR count). The van der Waals surface area contributed by atoms with Gasteiger partial charge in [-0.25, -0.2) is 0 Å². The predicted octanol–water partition coefficient (Wildman–Crippen LogP) is 3.80. The lowest BCUT2D eigenvalue weighted by atomic mass is 10.2. The zero-order valence-corrected chi connectivity index (χ0v) is 12.4. The first-order valence-corrected chi connectivity index (χ1v) is 7.33. The van der Waals surface area contributed by atoms with Gasteiger partial charge >= 0.3 is 0 Å². The average molecular weight is 355 g/mol. The molecule has 15 heavy (non-hydrogen) atoms. The summed E-state index contributed by atoms with van der Waals surface area (Å²) in [5, 5.41) is 2.90. The zero-order chi connectivity index (χ0) is 11.3. The van der Waals surface area contributed by atoms with Gasteiger partial charge in [-0.15, -0.1) is 11.3 Å². The monoisotopic (exact) mass is 353 g/mol. The summed E-state index contributed by atoms with van der Waals surface area (Å²) >= 11 is 8.31. The maximum absolute atomic E-state index is 11.6. The van der Waals surface area contributed by atoms with Crippen molar-refractivity contribution >= 4 is 49.1 Å². The molecular weight excluding hydrogens is 342 g/mol. The molecule has 0 saturated heterocycles. The van der Waals surface area contributed by atoms with Gasteiger partial charge in [-0.05, 0) is 34.5 Å². The SMILES string of the molecule is CCCC(Br)CNC(=O)c1ccc(Br)s1. The molecule has 1 unspecified atom stereocenters. The number of hydrogen-bond donors (Lipinski definition) is 1. The van der Waals surface area contributed by atoms with Gasteiger partial charge in [0.05, 0.1) is 8.66 Å². The quantitative estimate of drug-likeness (QED) is 0.800. The molecule has 0 aliphatic heterocycles. The lowest BCUT2D eigenvalue weighted by Crippen LogP contribution is -2.28. The molecule has 1 aromatic heterocycles. The molecule has 0 aliphatic carbocycles. The van der Waals surface area contributed by atoms with Crippen LogP contribution in [0.4, 0.5) is 0 Å². The summed E-state index contributed by atoms with van der Waals surface area (Å²) in [4.78, 5) is 12.7. The van der Waals surface area contributed by atoms with Gasteiger partial charge in [-0.3, -0.25) is 4.79 Å².